The highest BCUT2D eigenvalue weighted by atomic mass is 127. The molecule has 2 heterocycles. The normalized spacial score (nSPS) is 33.5. The van der Waals surface area contributed by atoms with E-state index < -0.39 is 0 Å². The first kappa shape index (κ1) is 7.91. The minimum Gasteiger partial charge on any atom is -0.326 e. The number of hydrogen-bond donors (Lipinski definition) is 0. The van der Waals surface area contributed by atoms with Crippen LogP contribution in [0.4, 0.5) is 0 Å². The Bertz CT molecular complexity index is 228. The summed E-state index contributed by atoms with van der Waals surface area (Å²) in [4.78, 5) is 13.0. The quantitative estimate of drug-likeness (QED) is 0.496. The zero-order valence-electron chi connectivity index (χ0n) is 5.92. The molecule has 1 amide bonds. The zero-order valence-corrected chi connectivity index (χ0v) is 8.89. The lowest BCUT2D eigenvalue weighted by molar-refractivity contribution is -0.141. The predicted molar refractivity (Wildman–Crippen MR) is 54.7 cm³/mol. The van der Waals surface area contributed by atoms with Crippen molar-refractivity contribution in [2.75, 3.05) is 12.3 Å². The van der Waals surface area contributed by atoms with Crippen molar-refractivity contribution in [3.8, 4) is 0 Å². The second kappa shape index (κ2) is 2.97. The summed E-state index contributed by atoms with van der Waals surface area (Å²) < 4.78 is 2.09. The van der Waals surface area contributed by atoms with Gasteiger partial charge in [-0.15, -0.1) is 11.8 Å². The summed E-state index contributed by atoms with van der Waals surface area (Å²) in [5.41, 5.74) is 1.37. The highest BCUT2D eigenvalue weighted by molar-refractivity contribution is 14.1. The molecular formula is C7H8INOS. The predicted octanol–water partition coefficient (Wildman–Crippen LogP) is 1.61. The number of carbonyl (C=O) groups is 1. The van der Waals surface area contributed by atoms with Gasteiger partial charge in [0.1, 0.15) is 0 Å². The smallest absolute Gasteiger partial charge is 0.226 e. The second-order valence-corrected chi connectivity index (χ2v) is 4.55. The number of fused-ring (bicyclic) bond motifs is 1. The van der Waals surface area contributed by atoms with Gasteiger partial charge in [0, 0.05) is 12.3 Å². The van der Waals surface area contributed by atoms with Crippen LogP contribution in [0.25, 0.3) is 0 Å². The number of hydrogen-bond acceptors (Lipinski definition) is 2. The number of rotatable bonds is 0. The number of thioether (sulfide) groups is 1. The number of carbonyl (C=O) groups excluding carboxylic acids is 1. The van der Waals surface area contributed by atoms with Gasteiger partial charge >= 0.3 is 0 Å². The van der Waals surface area contributed by atoms with Crippen molar-refractivity contribution in [3.05, 3.63) is 9.66 Å². The molecule has 2 saturated heterocycles. The highest BCUT2D eigenvalue weighted by Gasteiger charge is 2.39. The summed E-state index contributed by atoms with van der Waals surface area (Å²) >= 11 is 4.12. The van der Waals surface area contributed by atoms with E-state index in [9.17, 15) is 4.79 Å². The molecule has 0 radical (unpaired) electrons. The molecule has 4 heteroatoms. The number of amides is 1. The van der Waals surface area contributed by atoms with Gasteiger partial charge in [-0.05, 0) is 9.66 Å². The standard InChI is InChI=1S/C7H8INOS/c8-2-5-3-9-6(10)1-7(9)11-4-5/h2,7H,1,3-4H2/t7-/m1/s1. The van der Waals surface area contributed by atoms with Gasteiger partial charge in [0.2, 0.25) is 5.91 Å². The molecule has 0 aromatic heterocycles. The minimum absolute atomic E-state index is 0.318. The fourth-order valence-electron chi connectivity index (χ4n) is 1.30. The maximum Gasteiger partial charge on any atom is 0.226 e. The van der Waals surface area contributed by atoms with E-state index in [1.807, 2.05) is 16.7 Å². The molecule has 2 nitrogen and oxygen atoms in total. The average molecular weight is 281 g/mol. The van der Waals surface area contributed by atoms with Crippen LogP contribution in [0, 0.1) is 0 Å². The van der Waals surface area contributed by atoms with Crippen molar-refractivity contribution < 1.29 is 4.79 Å². The van der Waals surface area contributed by atoms with Gasteiger partial charge in [-0.1, -0.05) is 22.6 Å². The summed E-state index contributed by atoms with van der Waals surface area (Å²) in [5, 5.41) is 0.502. The van der Waals surface area contributed by atoms with Gasteiger partial charge in [-0.25, -0.2) is 0 Å². The van der Waals surface area contributed by atoms with Gasteiger partial charge in [0.15, 0.2) is 0 Å². The Labute approximate surface area is 83.5 Å². The monoisotopic (exact) mass is 281 g/mol. The molecule has 0 N–H and O–H groups in total. The Kier molecular flexibility index (Phi) is 2.14. The van der Waals surface area contributed by atoms with Crippen LogP contribution in [0.2, 0.25) is 0 Å². The van der Waals surface area contributed by atoms with Crippen molar-refractivity contribution in [1.29, 1.82) is 0 Å². The van der Waals surface area contributed by atoms with Crippen LogP contribution < -0.4 is 0 Å². The van der Waals surface area contributed by atoms with Gasteiger partial charge in [0.25, 0.3) is 0 Å². The lowest BCUT2D eigenvalue weighted by atomic mass is 10.1. The van der Waals surface area contributed by atoms with Gasteiger partial charge in [-0.2, -0.15) is 0 Å². The Morgan fingerprint density at radius 1 is 1.73 bits per heavy atom. The molecule has 0 spiro atoms. The maximum absolute atomic E-state index is 11.0. The molecule has 0 unspecified atom stereocenters. The summed E-state index contributed by atoms with van der Waals surface area (Å²) in [5.74, 6) is 1.43. The van der Waals surface area contributed by atoms with Crippen LogP contribution in [0.15, 0.2) is 9.66 Å². The molecule has 0 aliphatic carbocycles. The number of β-lactam (4-membered cyclic amide) rings is 1. The summed E-state index contributed by atoms with van der Waals surface area (Å²) in [6.07, 6.45) is 0.763. The summed E-state index contributed by atoms with van der Waals surface area (Å²) in [6.45, 7) is 0.874. The molecule has 0 saturated carbocycles. The topological polar surface area (TPSA) is 20.3 Å². The van der Waals surface area contributed by atoms with Crippen molar-refractivity contribution in [2.24, 2.45) is 0 Å². The fourth-order valence-corrected chi connectivity index (χ4v) is 3.23. The minimum atomic E-state index is 0.318. The van der Waals surface area contributed by atoms with Crippen molar-refractivity contribution in [3.63, 3.8) is 0 Å². The summed E-state index contributed by atoms with van der Waals surface area (Å²) in [7, 11) is 0. The molecule has 60 valence electrons. The van der Waals surface area contributed by atoms with Crippen LogP contribution in [0.1, 0.15) is 6.42 Å². The molecule has 11 heavy (non-hydrogen) atoms. The number of nitrogens with zero attached hydrogens (tertiary/aromatic N) is 1. The molecule has 1 atom stereocenters. The van der Waals surface area contributed by atoms with Crippen LogP contribution in [-0.4, -0.2) is 28.5 Å². The van der Waals surface area contributed by atoms with Gasteiger partial charge in [0.05, 0.1) is 11.8 Å². The first-order chi connectivity index (χ1) is 5.31. The van der Waals surface area contributed by atoms with E-state index in [-0.39, 0.29) is 0 Å². The third-order valence-electron chi connectivity index (χ3n) is 2.01. The van der Waals surface area contributed by atoms with E-state index >= 15 is 0 Å². The van der Waals surface area contributed by atoms with Crippen LogP contribution in [0.3, 0.4) is 0 Å². The molecule has 0 aromatic rings. The molecule has 2 rings (SSSR count). The Balaban J connectivity index is 2.05. The maximum atomic E-state index is 11.0. The fraction of sp³-hybridized carbons (Fsp3) is 0.571. The number of halogens is 1. The SMILES string of the molecule is O=C1C[C@H]2SCC(=CI)CN12. The summed E-state index contributed by atoms with van der Waals surface area (Å²) in [6, 6.07) is 0. The molecule has 0 aromatic carbocycles. The first-order valence-corrected chi connectivity index (χ1v) is 5.80. The Morgan fingerprint density at radius 2 is 2.55 bits per heavy atom. The van der Waals surface area contributed by atoms with E-state index in [4.69, 9.17) is 0 Å². The lowest BCUT2D eigenvalue weighted by Gasteiger charge is -2.43. The molecule has 2 aliphatic rings. The Hall–Kier alpha value is 0.290. The Morgan fingerprint density at radius 3 is 3.18 bits per heavy atom. The second-order valence-electron chi connectivity index (χ2n) is 2.76. The molecule has 2 aliphatic heterocycles. The third kappa shape index (κ3) is 1.30. The molecular weight excluding hydrogens is 273 g/mol. The van der Waals surface area contributed by atoms with Crippen molar-refractivity contribution in [2.45, 2.75) is 11.8 Å². The third-order valence-corrected chi connectivity index (χ3v) is 4.23. The zero-order chi connectivity index (χ0) is 7.84. The van der Waals surface area contributed by atoms with Crippen LogP contribution in [0.5, 0.6) is 0 Å². The molecule has 0 bridgehead atoms. The van der Waals surface area contributed by atoms with Crippen LogP contribution >= 0.6 is 34.4 Å². The van der Waals surface area contributed by atoms with E-state index in [2.05, 4.69) is 26.7 Å². The van der Waals surface area contributed by atoms with Crippen molar-refractivity contribution in [1.82, 2.24) is 4.90 Å². The average Bonchev–Trinajstić information content (AvgIpc) is 2.03. The van der Waals surface area contributed by atoms with Crippen molar-refractivity contribution >= 4 is 40.3 Å². The highest BCUT2D eigenvalue weighted by Crippen LogP contribution is 2.35. The van der Waals surface area contributed by atoms with E-state index in [1.165, 1.54) is 5.57 Å². The van der Waals surface area contributed by atoms with Gasteiger partial charge in [-0.3, -0.25) is 4.79 Å². The van der Waals surface area contributed by atoms with Crippen LogP contribution in [-0.2, 0) is 4.79 Å². The largest absolute Gasteiger partial charge is 0.326 e. The van der Waals surface area contributed by atoms with E-state index in [0.717, 1.165) is 18.7 Å². The van der Waals surface area contributed by atoms with E-state index in [1.54, 1.807) is 0 Å². The molecule has 2 fully saturated rings. The van der Waals surface area contributed by atoms with E-state index in [0.29, 0.717) is 11.3 Å². The van der Waals surface area contributed by atoms with Gasteiger partial charge < -0.3 is 4.90 Å². The first-order valence-electron chi connectivity index (χ1n) is 3.50. The lowest BCUT2D eigenvalue weighted by Crippen LogP contribution is -2.53.